The minimum Gasteiger partial charge on any atom is -0.282 e. The number of hydrogen-bond donors (Lipinski definition) is 1. The van der Waals surface area contributed by atoms with E-state index < -0.39 is 10.1 Å². The third kappa shape index (κ3) is 6.62. The van der Waals surface area contributed by atoms with Gasteiger partial charge in [0, 0.05) is 0 Å². The Morgan fingerprint density at radius 2 is 1.57 bits per heavy atom. The molecule has 0 aromatic heterocycles. The van der Waals surface area contributed by atoms with Crippen LogP contribution in [0, 0.1) is 17.8 Å². The second kappa shape index (κ2) is 7.95. The van der Waals surface area contributed by atoms with Gasteiger partial charge >= 0.3 is 0 Å². The quantitative estimate of drug-likeness (QED) is 0.715. The van der Waals surface area contributed by atoms with Crippen LogP contribution in [0.3, 0.4) is 0 Å². The Hall–Kier alpha value is -0.870. The normalized spacial score (nSPS) is 15.1. The zero-order chi connectivity index (χ0) is 16.0. The van der Waals surface area contributed by atoms with E-state index in [1.165, 1.54) is 25.0 Å². The van der Waals surface area contributed by atoms with Crippen molar-refractivity contribution in [2.75, 3.05) is 0 Å². The number of aryl methyl sites for hydroxylation is 1. The number of rotatable bonds is 8. The molecule has 1 aromatic carbocycles. The molecule has 2 atom stereocenters. The zero-order valence-corrected chi connectivity index (χ0v) is 14.4. The van der Waals surface area contributed by atoms with Crippen molar-refractivity contribution in [3.05, 3.63) is 29.8 Å². The Balaban J connectivity index is 2.42. The van der Waals surface area contributed by atoms with Gasteiger partial charge in [0.15, 0.2) is 0 Å². The highest BCUT2D eigenvalue weighted by Crippen LogP contribution is 2.24. The van der Waals surface area contributed by atoms with Crippen LogP contribution in [0.2, 0.25) is 0 Å². The third-order valence-corrected chi connectivity index (χ3v) is 5.03. The molecule has 1 N–H and O–H groups in total. The van der Waals surface area contributed by atoms with Crippen molar-refractivity contribution < 1.29 is 13.0 Å². The van der Waals surface area contributed by atoms with Crippen LogP contribution in [0.5, 0.6) is 0 Å². The third-order valence-electron chi connectivity index (χ3n) is 4.16. The molecule has 3 nitrogen and oxygen atoms in total. The molecule has 0 amide bonds. The van der Waals surface area contributed by atoms with Crippen molar-refractivity contribution in [1.82, 2.24) is 0 Å². The lowest BCUT2D eigenvalue weighted by molar-refractivity contribution is 0.303. The molecule has 0 aliphatic carbocycles. The summed E-state index contributed by atoms with van der Waals surface area (Å²) in [7, 11) is -4.08. The van der Waals surface area contributed by atoms with Crippen LogP contribution in [0.4, 0.5) is 0 Å². The van der Waals surface area contributed by atoms with Gasteiger partial charge in [-0.3, -0.25) is 4.55 Å². The van der Waals surface area contributed by atoms with Gasteiger partial charge in [-0.2, -0.15) is 8.42 Å². The molecule has 21 heavy (non-hydrogen) atoms. The van der Waals surface area contributed by atoms with Gasteiger partial charge < -0.3 is 0 Å². The molecule has 1 aromatic rings. The summed E-state index contributed by atoms with van der Waals surface area (Å²) in [5.74, 6) is 2.20. The average molecular weight is 312 g/mol. The van der Waals surface area contributed by atoms with Crippen molar-refractivity contribution in [2.45, 2.75) is 58.3 Å². The molecule has 0 spiro atoms. The molecule has 1 rings (SSSR count). The standard InChI is InChI=1S/C17H28O3S/c1-13(2)12-15(4)14(3)6-5-7-16-8-10-17(11-9-16)21(18,19)20/h8-11,13-15H,5-7,12H2,1-4H3,(H,18,19,20). The SMILES string of the molecule is CC(C)CC(C)C(C)CCCc1ccc(S(=O)(=O)O)cc1. The molecule has 2 unspecified atom stereocenters. The van der Waals surface area contributed by atoms with Crippen molar-refractivity contribution in [3.63, 3.8) is 0 Å². The molecule has 0 bridgehead atoms. The molecular formula is C17H28O3S. The molecule has 0 aliphatic rings. The largest absolute Gasteiger partial charge is 0.294 e. The second-order valence-corrected chi connectivity index (χ2v) is 8.02. The summed E-state index contributed by atoms with van der Waals surface area (Å²) in [5, 5.41) is 0. The summed E-state index contributed by atoms with van der Waals surface area (Å²) < 4.78 is 30.9. The van der Waals surface area contributed by atoms with Crippen LogP contribution >= 0.6 is 0 Å². The topological polar surface area (TPSA) is 54.4 Å². The van der Waals surface area contributed by atoms with E-state index in [-0.39, 0.29) is 4.90 Å². The minimum absolute atomic E-state index is 0.0369. The smallest absolute Gasteiger partial charge is 0.282 e. The first-order chi connectivity index (χ1) is 9.70. The predicted octanol–water partition coefficient (Wildman–Crippen LogP) is 4.57. The Labute approximate surface area is 129 Å². The van der Waals surface area contributed by atoms with Crippen LogP contribution in [-0.4, -0.2) is 13.0 Å². The Morgan fingerprint density at radius 3 is 2.05 bits per heavy atom. The Kier molecular flexibility index (Phi) is 6.88. The van der Waals surface area contributed by atoms with Gasteiger partial charge in [0.2, 0.25) is 0 Å². The molecule has 0 radical (unpaired) electrons. The van der Waals surface area contributed by atoms with E-state index in [4.69, 9.17) is 4.55 Å². The highest BCUT2D eigenvalue weighted by Gasteiger charge is 2.13. The van der Waals surface area contributed by atoms with E-state index in [0.717, 1.165) is 30.2 Å². The molecule has 120 valence electrons. The molecule has 0 fully saturated rings. The predicted molar refractivity (Wildman–Crippen MR) is 87.0 cm³/mol. The Morgan fingerprint density at radius 1 is 1.00 bits per heavy atom. The fourth-order valence-corrected chi connectivity index (χ4v) is 3.20. The van der Waals surface area contributed by atoms with E-state index >= 15 is 0 Å². The van der Waals surface area contributed by atoms with E-state index in [0.29, 0.717) is 5.92 Å². The van der Waals surface area contributed by atoms with E-state index in [2.05, 4.69) is 27.7 Å². The van der Waals surface area contributed by atoms with Gasteiger partial charge in [-0.1, -0.05) is 46.2 Å². The summed E-state index contributed by atoms with van der Waals surface area (Å²) >= 11 is 0. The molecule has 0 saturated heterocycles. The van der Waals surface area contributed by atoms with Crippen molar-refractivity contribution in [1.29, 1.82) is 0 Å². The molecule has 4 heteroatoms. The van der Waals surface area contributed by atoms with Gasteiger partial charge in [0.1, 0.15) is 0 Å². The monoisotopic (exact) mass is 312 g/mol. The minimum atomic E-state index is -4.08. The van der Waals surface area contributed by atoms with Crippen molar-refractivity contribution in [3.8, 4) is 0 Å². The highest BCUT2D eigenvalue weighted by molar-refractivity contribution is 7.85. The average Bonchev–Trinajstić information content (AvgIpc) is 2.37. The van der Waals surface area contributed by atoms with Crippen LogP contribution in [-0.2, 0) is 16.5 Å². The van der Waals surface area contributed by atoms with Crippen molar-refractivity contribution in [2.24, 2.45) is 17.8 Å². The second-order valence-electron chi connectivity index (χ2n) is 6.60. The lowest BCUT2D eigenvalue weighted by Gasteiger charge is -2.21. The summed E-state index contributed by atoms with van der Waals surface area (Å²) in [4.78, 5) is -0.0369. The summed E-state index contributed by atoms with van der Waals surface area (Å²) in [6.07, 6.45) is 4.51. The van der Waals surface area contributed by atoms with Crippen molar-refractivity contribution >= 4 is 10.1 Å². The zero-order valence-electron chi connectivity index (χ0n) is 13.5. The highest BCUT2D eigenvalue weighted by atomic mass is 32.2. The lowest BCUT2D eigenvalue weighted by atomic mass is 9.85. The molecule has 0 saturated carbocycles. The maximum Gasteiger partial charge on any atom is 0.294 e. The fourth-order valence-electron chi connectivity index (χ4n) is 2.72. The van der Waals surface area contributed by atoms with Gasteiger partial charge in [0.05, 0.1) is 4.90 Å². The fraction of sp³-hybridized carbons (Fsp3) is 0.647. The maximum atomic E-state index is 11.0. The lowest BCUT2D eigenvalue weighted by Crippen LogP contribution is -2.11. The number of hydrogen-bond acceptors (Lipinski definition) is 2. The Bertz CT molecular complexity index is 517. The molecular weight excluding hydrogens is 284 g/mol. The van der Waals surface area contributed by atoms with Crippen LogP contribution < -0.4 is 0 Å². The number of benzene rings is 1. The maximum absolute atomic E-state index is 11.0. The first kappa shape index (κ1) is 18.2. The van der Waals surface area contributed by atoms with Gasteiger partial charge in [-0.25, -0.2) is 0 Å². The van der Waals surface area contributed by atoms with Gasteiger partial charge in [-0.15, -0.1) is 0 Å². The van der Waals surface area contributed by atoms with E-state index in [1.807, 2.05) is 0 Å². The summed E-state index contributed by atoms with van der Waals surface area (Å²) in [6.45, 7) is 9.17. The summed E-state index contributed by atoms with van der Waals surface area (Å²) in [5.41, 5.74) is 1.12. The van der Waals surface area contributed by atoms with Crippen LogP contribution in [0.15, 0.2) is 29.2 Å². The van der Waals surface area contributed by atoms with Crippen LogP contribution in [0.1, 0.15) is 52.5 Å². The molecule has 0 heterocycles. The van der Waals surface area contributed by atoms with Gasteiger partial charge in [0.25, 0.3) is 10.1 Å². The van der Waals surface area contributed by atoms with E-state index in [1.54, 1.807) is 12.1 Å². The first-order valence-corrected chi connectivity index (χ1v) is 9.20. The van der Waals surface area contributed by atoms with E-state index in [9.17, 15) is 8.42 Å². The van der Waals surface area contributed by atoms with Crippen LogP contribution in [0.25, 0.3) is 0 Å². The first-order valence-electron chi connectivity index (χ1n) is 7.76. The molecule has 0 aliphatic heterocycles. The summed E-state index contributed by atoms with van der Waals surface area (Å²) in [6, 6.07) is 6.50. The van der Waals surface area contributed by atoms with Gasteiger partial charge in [-0.05, 0) is 54.7 Å².